The molecular weight excluding hydrogens is 464 g/mol. The summed E-state index contributed by atoms with van der Waals surface area (Å²) in [6.45, 7) is 9.33. The van der Waals surface area contributed by atoms with E-state index in [9.17, 15) is 4.79 Å². The highest BCUT2D eigenvalue weighted by atomic mass is 79.9. The molecule has 0 radical (unpaired) electrons. The van der Waals surface area contributed by atoms with Gasteiger partial charge in [0.1, 0.15) is 0 Å². The molecule has 5 nitrogen and oxygen atoms in total. The van der Waals surface area contributed by atoms with Crippen LogP contribution < -0.4 is 21.3 Å². The van der Waals surface area contributed by atoms with E-state index < -0.39 is 5.91 Å². The van der Waals surface area contributed by atoms with Gasteiger partial charge in [-0.15, -0.1) is 0 Å². The van der Waals surface area contributed by atoms with Crippen LogP contribution in [0.3, 0.4) is 0 Å². The molecule has 0 atom stereocenters. The number of para-hydroxylation sites is 1. The zero-order valence-corrected chi connectivity index (χ0v) is 20.3. The molecule has 3 aromatic carbocycles. The molecular formula is C26H29BrN4O. The maximum Gasteiger partial charge on any atom is 0.250 e. The Hall–Kier alpha value is -2.83. The molecule has 3 aromatic rings. The minimum atomic E-state index is -0.458. The Bertz CT molecular complexity index is 1140. The van der Waals surface area contributed by atoms with E-state index in [4.69, 9.17) is 5.73 Å². The minimum Gasteiger partial charge on any atom is -0.368 e. The molecule has 32 heavy (non-hydrogen) atoms. The van der Waals surface area contributed by atoms with E-state index in [1.165, 1.54) is 11.3 Å². The highest BCUT2D eigenvalue weighted by molar-refractivity contribution is 9.10. The van der Waals surface area contributed by atoms with Crippen LogP contribution in [0.15, 0.2) is 65.1 Å². The topological polar surface area (TPSA) is 70.4 Å². The van der Waals surface area contributed by atoms with Crippen LogP contribution in [0.2, 0.25) is 0 Å². The number of nitrogens with two attached hydrogens (primary N) is 1. The van der Waals surface area contributed by atoms with Crippen molar-refractivity contribution in [2.75, 3.05) is 29.9 Å². The van der Waals surface area contributed by atoms with Crippen molar-refractivity contribution in [1.29, 1.82) is 0 Å². The van der Waals surface area contributed by atoms with Gasteiger partial charge in [0.15, 0.2) is 0 Å². The number of benzene rings is 3. The third kappa shape index (κ3) is 4.81. The zero-order chi connectivity index (χ0) is 22.9. The number of rotatable bonds is 5. The van der Waals surface area contributed by atoms with Crippen LogP contribution in [0.4, 0.5) is 17.1 Å². The Morgan fingerprint density at radius 1 is 1.12 bits per heavy atom. The highest BCUT2D eigenvalue weighted by Crippen LogP contribution is 2.38. The molecule has 4 rings (SSSR count). The number of amides is 1. The van der Waals surface area contributed by atoms with Gasteiger partial charge in [-0.25, -0.2) is 0 Å². The van der Waals surface area contributed by atoms with Crippen molar-refractivity contribution in [2.45, 2.75) is 26.3 Å². The average molecular weight is 493 g/mol. The maximum atomic E-state index is 12.2. The second-order valence-corrected chi connectivity index (χ2v) is 9.84. The molecule has 1 fully saturated rings. The Balaban J connectivity index is 1.73. The second-order valence-electron chi connectivity index (χ2n) is 8.98. The number of nitrogens with zero attached hydrogens (tertiary/aromatic N) is 1. The van der Waals surface area contributed by atoms with Crippen molar-refractivity contribution in [2.24, 2.45) is 5.73 Å². The van der Waals surface area contributed by atoms with Crippen LogP contribution >= 0.6 is 15.9 Å². The molecule has 1 heterocycles. The molecule has 0 aromatic heterocycles. The van der Waals surface area contributed by atoms with Crippen LogP contribution in [-0.2, 0) is 0 Å². The lowest BCUT2D eigenvalue weighted by Gasteiger charge is -2.40. The lowest BCUT2D eigenvalue weighted by atomic mass is 9.98. The standard InChI is InChI=1S/C26H29BrN4O/c1-17-7-10-19(11-8-17)30-24-20(5-4-6-21(24)25(28)32)18-9-12-23(22(27)15-18)31-14-13-29-26(2,3)16-31/h4-12,15,29-30H,13-14,16H2,1-3H3,(H2,28,32). The van der Waals surface area contributed by atoms with E-state index >= 15 is 0 Å². The molecule has 6 heteroatoms. The quantitative estimate of drug-likeness (QED) is 0.442. The molecule has 0 saturated carbocycles. The molecule has 166 valence electrons. The van der Waals surface area contributed by atoms with E-state index in [1.54, 1.807) is 6.07 Å². The Kier molecular flexibility index (Phi) is 6.26. The summed E-state index contributed by atoms with van der Waals surface area (Å²) >= 11 is 3.79. The van der Waals surface area contributed by atoms with Gasteiger partial charge in [-0.1, -0.05) is 35.9 Å². The lowest BCUT2D eigenvalue weighted by Crippen LogP contribution is -2.57. The summed E-state index contributed by atoms with van der Waals surface area (Å²) in [5.74, 6) is -0.458. The van der Waals surface area contributed by atoms with Crippen molar-refractivity contribution in [3.8, 4) is 11.1 Å². The van der Waals surface area contributed by atoms with Gasteiger partial charge in [0.05, 0.1) is 16.9 Å². The van der Waals surface area contributed by atoms with Gasteiger partial charge in [-0.05, 0) is 72.6 Å². The van der Waals surface area contributed by atoms with E-state index in [2.05, 4.69) is 63.5 Å². The van der Waals surface area contributed by atoms with Crippen molar-refractivity contribution in [3.63, 3.8) is 0 Å². The molecule has 1 aliphatic heterocycles. The van der Waals surface area contributed by atoms with Crippen molar-refractivity contribution in [1.82, 2.24) is 5.32 Å². The molecule has 1 saturated heterocycles. The first-order valence-corrected chi connectivity index (χ1v) is 11.6. The Morgan fingerprint density at radius 3 is 2.53 bits per heavy atom. The molecule has 1 aliphatic rings. The normalized spacial score (nSPS) is 15.4. The number of primary amides is 1. The molecule has 0 aliphatic carbocycles. The van der Waals surface area contributed by atoms with Crippen LogP contribution in [0.5, 0.6) is 0 Å². The number of hydrogen-bond donors (Lipinski definition) is 3. The number of carbonyl (C=O) groups is 1. The van der Waals surface area contributed by atoms with Gasteiger partial charge in [0, 0.05) is 40.9 Å². The monoisotopic (exact) mass is 492 g/mol. The number of aryl methyl sites for hydroxylation is 1. The Morgan fingerprint density at radius 2 is 1.88 bits per heavy atom. The van der Waals surface area contributed by atoms with Gasteiger partial charge >= 0.3 is 0 Å². The first kappa shape index (κ1) is 22.4. The van der Waals surface area contributed by atoms with Gasteiger partial charge < -0.3 is 21.3 Å². The van der Waals surface area contributed by atoms with Crippen LogP contribution in [0.1, 0.15) is 29.8 Å². The fourth-order valence-electron chi connectivity index (χ4n) is 4.19. The maximum absolute atomic E-state index is 12.2. The summed E-state index contributed by atoms with van der Waals surface area (Å²) in [6, 6.07) is 20.1. The summed E-state index contributed by atoms with van der Waals surface area (Å²) in [4.78, 5) is 14.6. The second kappa shape index (κ2) is 8.96. The summed E-state index contributed by atoms with van der Waals surface area (Å²) in [6.07, 6.45) is 0. The number of nitrogens with one attached hydrogen (secondary N) is 2. The smallest absolute Gasteiger partial charge is 0.250 e. The third-order valence-corrected chi connectivity index (χ3v) is 6.46. The lowest BCUT2D eigenvalue weighted by molar-refractivity contribution is 0.100. The van der Waals surface area contributed by atoms with E-state index in [1.807, 2.05) is 43.3 Å². The Labute approximate surface area is 198 Å². The van der Waals surface area contributed by atoms with E-state index in [-0.39, 0.29) is 5.54 Å². The van der Waals surface area contributed by atoms with Crippen LogP contribution in [-0.4, -0.2) is 31.1 Å². The molecule has 0 bridgehead atoms. The van der Waals surface area contributed by atoms with Gasteiger partial charge in [0.2, 0.25) is 0 Å². The predicted octanol–water partition coefficient (Wildman–Crippen LogP) is 5.46. The zero-order valence-electron chi connectivity index (χ0n) is 18.7. The van der Waals surface area contributed by atoms with Gasteiger partial charge in [-0.2, -0.15) is 0 Å². The molecule has 4 N–H and O–H groups in total. The first-order valence-electron chi connectivity index (χ1n) is 10.8. The van der Waals surface area contributed by atoms with E-state index in [0.29, 0.717) is 11.3 Å². The van der Waals surface area contributed by atoms with Gasteiger partial charge in [-0.3, -0.25) is 4.79 Å². The molecule has 1 amide bonds. The molecule has 0 unspecified atom stereocenters. The summed E-state index contributed by atoms with van der Waals surface area (Å²) in [5.41, 5.74) is 12.1. The largest absolute Gasteiger partial charge is 0.368 e. The average Bonchev–Trinajstić information content (AvgIpc) is 2.74. The van der Waals surface area contributed by atoms with Crippen molar-refractivity contribution in [3.05, 3.63) is 76.3 Å². The van der Waals surface area contributed by atoms with E-state index in [0.717, 1.165) is 40.9 Å². The number of piperazine rings is 1. The number of halogens is 1. The SMILES string of the molecule is Cc1ccc(Nc2c(C(N)=O)cccc2-c2ccc(N3CCNC(C)(C)C3)c(Br)c2)cc1. The summed E-state index contributed by atoms with van der Waals surface area (Å²) in [7, 11) is 0. The number of hydrogen-bond acceptors (Lipinski definition) is 4. The van der Waals surface area contributed by atoms with Crippen molar-refractivity contribution < 1.29 is 4.79 Å². The number of carbonyl (C=O) groups excluding carboxylic acids is 1. The van der Waals surface area contributed by atoms with Crippen LogP contribution in [0.25, 0.3) is 11.1 Å². The molecule has 0 spiro atoms. The fourth-order valence-corrected chi connectivity index (χ4v) is 4.82. The fraction of sp³-hybridized carbons (Fsp3) is 0.269. The minimum absolute atomic E-state index is 0.0668. The number of anilines is 3. The van der Waals surface area contributed by atoms with Crippen LogP contribution in [0, 0.1) is 6.92 Å². The predicted molar refractivity (Wildman–Crippen MR) is 137 cm³/mol. The summed E-state index contributed by atoms with van der Waals surface area (Å²) in [5, 5.41) is 6.98. The highest BCUT2D eigenvalue weighted by Gasteiger charge is 2.27. The van der Waals surface area contributed by atoms with Gasteiger partial charge in [0.25, 0.3) is 5.91 Å². The van der Waals surface area contributed by atoms with Crippen molar-refractivity contribution >= 4 is 38.9 Å². The first-order chi connectivity index (χ1) is 15.2. The third-order valence-electron chi connectivity index (χ3n) is 5.82. The summed E-state index contributed by atoms with van der Waals surface area (Å²) < 4.78 is 1.03.